The van der Waals surface area contributed by atoms with Crippen molar-refractivity contribution < 1.29 is 0 Å². The highest BCUT2D eigenvalue weighted by atomic mass is 32.2. The first kappa shape index (κ1) is 17.1. The fourth-order valence-corrected chi connectivity index (χ4v) is 4.64. The summed E-state index contributed by atoms with van der Waals surface area (Å²) in [4.78, 5) is 10.0. The average molecular weight is 406 g/mol. The molecule has 0 spiro atoms. The molecule has 0 saturated heterocycles. The van der Waals surface area contributed by atoms with Crippen molar-refractivity contribution in [3.8, 4) is 22.0 Å². The lowest BCUT2D eigenvalue weighted by Gasteiger charge is -2.08. The molecule has 28 heavy (non-hydrogen) atoms. The van der Waals surface area contributed by atoms with Crippen molar-refractivity contribution in [2.24, 2.45) is 0 Å². The SMILES string of the molecule is CCn1c(Sc2cc(-c3ccccc3)nc3ncnn23)nnc1-c1cccs1. The zero-order chi connectivity index (χ0) is 18.9. The van der Waals surface area contributed by atoms with Gasteiger partial charge in [-0.3, -0.25) is 0 Å². The van der Waals surface area contributed by atoms with Crippen LogP contribution in [0.4, 0.5) is 0 Å². The van der Waals surface area contributed by atoms with Gasteiger partial charge in [0, 0.05) is 12.1 Å². The lowest BCUT2D eigenvalue weighted by Crippen LogP contribution is -2.01. The Bertz CT molecular complexity index is 1230. The molecule has 9 heteroatoms. The van der Waals surface area contributed by atoms with E-state index in [4.69, 9.17) is 0 Å². The second-order valence-electron chi connectivity index (χ2n) is 5.95. The van der Waals surface area contributed by atoms with Crippen LogP contribution >= 0.6 is 23.1 Å². The molecule has 7 nitrogen and oxygen atoms in total. The molecule has 5 rings (SSSR count). The van der Waals surface area contributed by atoms with Crippen LogP contribution in [0, 0.1) is 0 Å². The Kier molecular flexibility index (Phi) is 4.38. The first-order valence-corrected chi connectivity index (χ1v) is 10.4. The Morgan fingerprint density at radius 3 is 2.75 bits per heavy atom. The monoisotopic (exact) mass is 405 g/mol. The molecule has 0 fully saturated rings. The molecule has 4 heterocycles. The van der Waals surface area contributed by atoms with E-state index in [2.05, 4.69) is 42.8 Å². The quantitative estimate of drug-likeness (QED) is 0.406. The van der Waals surface area contributed by atoms with E-state index >= 15 is 0 Å². The number of benzene rings is 1. The highest BCUT2D eigenvalue weighted by Gasteiger charge is 2.17. The van der Waals surface area contributed by atoms with Crippen molar-refractivity contribution in [1.82, 2.24) is 34.3 Å². The summed E-state index contributed by atoms with van der Waals surface area (Å²) in [5.74, 6) is 1.44. The summed E-state index contributed by atoms with van der Waals surface area (Å²) in [6.07, 6.45) is 1.52. The third-order valence-corrected chi connectivity index (χ3v) is 6.11. The van der Waals surface area contributed by atoms with E-state index in [1.54, 1.807) is 15.9 Å². The molecule has 1 aromatic carbocycles. The highest BCUT2D eigenvalue weighted by Crippen LogP contribution is 2.32. The zero-order valence-electron chi connectivity index (χ0n) is 14.9. The van der Waals surface area contributed by atoms with Gasteiger partial charge in [-0.15, -0.1) is 21.5 Å². The van der Waals surface area contributed by atoms with Gasteiger partial charge in [0.1, 0.15) is 11.4 Å². The van der Waals surface area contributed by atoms with E-state index in [1.165, 1.54) is 18.1 Å². The first-order valence-electron chi connectivity index (χ1n) is 8.74. The number of thiophene rings is 1. The van der Waals surface area contributed by atoms with Crippen molar-refractivity contribution in [2.45, 2.75) is 23.7 Å². The Hall–Kier alpha value is -3.04. The third kappa shape index (κ3) is 2.98. The number of fused-ring (bicyclic) bond motifs is 1. The van der Waals surface area contributed by atoms with E-state index in [1.807, 2.05) is 47.8 Å². The third-order valence-electron chi connectivity index (χ3n) is 4.26. The van der Waals surface area contributed by atoms with Crippen molar-refractivity contribution in [3.05, 3.63) is 60.2 Å². The molecule has 0 saturated carbocycles. The maximum Gasteiger partial charge on any atom is 0.253 e. The first-order chi connectivity index (χ1) is 13.8. The van der Waals surface area contributed by atoms with Crippen LogP contribution in [0.2, 0.25) is 0 Å². The van der Waals surface area contributed by atoms with Crippen LogP contribution in [0.3, 0.4) is 0 Å². The molecule has 5 aromatic rings. The van der Waals surface area contributed by atoms with Gasteiger partial charge in [-0.05, 0) is 36.2 Å². The molecule has 0 atom stereocenters. The predicted molar refractivity (Wildman–Crippen MR) is 109 cm³/mol. The van der Waals surface area contributed by atoms with Crippen molar-refractivity contribution >= 4 is 28.9 Å². The molecule has 0 unspecified atom stereocenters. The summed E-state index contributed by atoms with van der Waals surface area (Å²) in [6.45, 7) is 2.87. The van der Waals surface area contributed by atoms with Crippen molar-refractivity contribution in [1.29, 1.82) is 0 Å². The zero-order valence-corrected chi connectivity index (χ0v) is 16.6. The number of hydrogen-bond acceptors (Lipinski definition) is 7. The maximum absolute atomic E-state index is 4.63. The summed E-state index contributed by atoms with van der Waals surface area (Å²) < 4.78 is 3.85. The van der Waals surface area contributed by atoms with Crippen LogP contribution < -0.4 is 0 Å². The van der Waals surface area contributed by atoms with Gasteiger partial charge in [-0.1, -0.05) is 36.4 Å². The second kappa shape index (κ2) is 7.17. The van der Waals surface area contributed by atoms with Crippen LogP contribution in [-0.2, 0) is 6.54 Å². The molecular weight excluding hydrogens is 390 g/mol. The number of nitrogens with zero attached hydrogens (tertiary/aromatic N) is 7. The van der Waals surface area contributed by atoms with Gasteiger partial charge in [0.2, 0.25) is 0 Å². The lowest BCUT2D eigenvalue weighted by molar-refractivity contribution is 0.686. The lowest BCUT2D eigenvalue weighted by atomic mass is 10.1. The maximum atomic E-state index is 4.63. The van der Waals surface area contributed by atoms with Crippen LogP contribution in [0.25, 0.3) is 27.7 Å². The van der Waals surface area contributed by atoms with Gasteiger partial charge in [-0.2, -0.15) is 14.6 Å². The number of rotatable bonds is 5. The van der Waals surface area contributed by atoms with Crippen LogP contribution in [0.5, 0.6) is 0 Å². The molecule has 0 aliphatic rings. The minimum Gasteiger partial charge on any atom is -0.301 e. The van der Waals surface area contributed by atoms with Gasteiger partial charge in [-0.25, -0.2) is 4.98 Å². The van der Waals surface area contributed by atoms with Crippen molar-refractivity contribution in [3.63, 3.8) is 0 Å². The summed E-state index contributed by atoms with van der Waals surface area (Å²) >= 11 is 3.17. The Balaban J connectivity index is 1.60. The molecule has 0 amide bonds. The molecular formula is C19H15N7S2. The molecule has 0 N–H and O–H groups in total. The molecule has 0 bridgehead atoms. The van der Waals surface area contributed by atoms with E-state index in [-0.39, 0.29) is 0 Å². The van der Waals surface area contributed by atoms with E-state index in [0.717, 1.165) is 38.7 Å². The average Bonchev–Trinajstić information content (AvgIpc) is 3.48. The normalized spacial score (nSPS) is 11.3. The summed E-state index contributed by atoms with van der Waals surface area (Å²) in [5, 5.41) is 16.9. The standard InChI is InChI=1S/C19H15N7S2/c1-2-25-17(15-9-6-10-27-15)23-24-19(25)28-16-11-14(13-7-4-3-5-8-13)22-18-20-12-21-26(16)18/h3-12H,2H2,1H3. The van der Waals surface area contributed by atoms with Gasteiger partial charge in [0.05, 0.1) is 10.6 Å². The van der Waals surface area contributed by atoms with Crippen LogP contribution in [-0.4, -0.2) is 34.3 Å². The summed E-state index contributed by atoms with van der Waals surface area (Å²) in [7, 11) is 0. The Morgan fingerprint density at radius 1 is 1.07 bits per heavy atom. The largest absolute Gasteiger partial charge is 0.301 e. The van der Waals surface area contributed by atoms with Gasteiger partial charge < -0.3 is 4.57 Å². The molecule has 0 aliphatic heterocycles. The fourth-order valence-electron chi connectivity index (χ4n) is 2.95. The molecule has 138 valence electrons. The predicted octanol–water partition coefficient (Wildman–Crippen LogP) is 4.28. The highest BCUT2D eigenvalue weighted by molar-refractivity contribution is 7.99. The molecule has 0 aliphatic carbocycles. The van der Waals surface area contributed by atoms with E-state index in [9.17, 15) is 0 Å². The smallest absolute Gasteiger partial charge is 0.253 e. The van der Waals surface area contributed by atoms with E-state index in [0.29, 0.717) is 5.78 Å². The molecule has 0 radical (unpaired) electrons. The summed E-state index contributed by atoms with van der Waals surface area (Å²) in [5.41, 5.74) is 1.88. The fraction of sp³-hybridized carbons (Fsp3) is 0.105. The van der Waals surface area contributed by atoms with Crippen LogP contribution in [0.15, 0.2) is 70.4 Å². The van der Waals surface area contributed by atoms with E-state index < -0.39 is 0 Å². The Morgan fingerprint density at radius 2 is 1.96 bits per heavy atom. The number of aromatic nitrogens is 7. The Labute approximate surface area is 169 Å². The number of hydrogen-bond donors (Lipinski definition) is 0. The van der Waals surface area contributed by atoms with Crippen LogP contribution in [0.1, 0.15) is 6.92 Å². The van der Waals surface area contributed by atoms with Crippen molar-refractivity contribution in [2.75, 3.05) is 0 Å². The van der Waals surface area contributed by atoms with Gasteiger partial charge >= 0.3 is 0 Å². The minimum atomic E-state index is 0.560. The second-order valence-corrected chi connectivity index (χ2v) is 7.88. The molecule has 4 aromatic heterocycles. The van der Waals surface area contributed by atoms with Gasteiger partial charge in [0.15, 0.2) is 11.0 Å². The summed E-state index contributed by atoms with van der Waals surface area (Å²) in [6, 6.07) is 16.2. The topological polar surface area (TPSA) is 73.8 Å². The van der Waals surface area contributed by atoms with Gasteiger partial charge in [0.25, 0.3) is 5.78 Å². The minimum absolute atomic E-state index is 0.560.